The molecule has 0 aliphatic carbocycles. The largest absolute Gasteiger partial charge is 0.484 e. The SMILES string of the molecule is O=C(COc1cccc(C(F)(F)F)c1)NCc1ccccc1C[NH+]1CCCC1. The third-order valence-electron chi connectivity index (χ3n) is 4.88. The van der Waals surface area contributed by atoms with E-state index < -0.39 is 11.7 Å². The zero-order valence-corrected chi connectivity index (χ0v) is 15.5. The van der Waals surface area contributed by atoms with Crippen LogP contribution in [0.15, 0.2) is 48.5 Å². The van der Waals surface area contributed by atoms with Gasteiger partial charge in [-0.3, -0.25) is 4.79 Å². The molecule has 0 radical (unpaired) electrons. The standard InChI is InChI=1S/C21H23F3N2O2/c22-21(23,24)18-8-5-9-19(12-18)28-15-20(27)25-13-16-6-1-2-7-17(16)14-26-10-3-4-11-26/h1-2,5-9,12H,3-4,10-11,13-15H2,(H,25,27)/p+1. The van der Waals surface area contributed by atoms with Gasteiger partial charge in [0, 0.05) is 24.9 Å². The Hall–Kier alpha value is -2.54. The highest BCUT2D eigenvalue weighted by atomic mass is 19.4. The number of carbonyl (C=O) groups is 1. The first-order valence-electron chi connectivity index (χ1n) is 9.39. The van der Waals surface area contributed by atoms with Gasteiger partial charge in [0.15, 0.2) is 6.61 Å². The van der Waals surface area contributed by atoms with Gasteiger partial charge in [0.1, 0.15) is 12.3 Å². The normalized spacial score (nSPS) is 14.8. The number of likely N-dealkylation sites (tertiary alicyclic amines) is 1. The van der Waals surface area contributed by atoms with Gasteiger partial charge in [0.25, 0.3) is 5.91 Å². The van der Waals surface area contributed by atoms with Crippen LogP contribution < -0.4 is 15.0 Å². The Morgan fingerprint density at radius 1 is 1.04 bits per heavy atom. The van der Waals surface area contributed by atoms with Crippen molar-refractivity contribution in [3.63, 3.8) is 0 Å². The highest BCUT2D eigenvalue weighted by Gasteiger charge is 2.30. The first kappa shape index (κ1) is 20.2. The van der Waals surface area contributed by atoms with E-state index in [4.69, 9.17) is 4.74 Å². The number of amides is 1. The third kappa shape index (κ3) is 5.73. The van der Waals surface area contributed by atoms with Gasteiger partial charge in [-0.05, 0) is 23.8 Å². The Kier molecular flexibility index (Phi) is 6.57. The summed E-state index contributed by atoms with van der Waals surface area (Å²) in [5.74, 6) is -0.358. The summed E-state index contributed by atoms with van der Waals surface area (Å²) < 4.78 is 43.4. The Morgan fingerprint density at radius 3 is 2.46 bits per heavy atom. The van der Waals surface area contributed by atoms with Crippen LogP contribution in [0.3, 0.4) is 0 Å². The van der Waals surface area contributed by atoms with Crippen LogP contribution in [0, 0.1) is 0 Å². The zero-order valence-electron chi connectivity index (χ0n) is 15.5. The molecule has 7 heteroatoms. The number of nitrogens with one attached hydrogen (secondary N) is 2. The quantitative estimate of drug-likeness (QED) is 0.760. The van der Waals surface area contributed by atoms with Gasteiger partial charge < -0.3 is 15.0 Å². The minimum Gasteiger partial charge on any atom is -0.484 e. The molecule has 1 aliphatic rings. The lowest BCUT2D eigenvalue weighted by molar-refractivity contribution is -0.901. The van der Waals surface area contributed by atoms with Crippen LogP contribution in [0.25, 0.3) is 0 Å². The van der Waals surface area contributed by atoms with Crippen LogP contribution in [0.4, 0.5) is 13.2 Å². The van der Waals surface area contributed by atoms with Crippen LogP contribution in [0.1, 0.15) is 29.5 Å². The van der Waals surface area contributed by atoms with Crippen molar-refractivity contribution in [3.8, 4) is 5.75 Å². The molecule has 1 fully saturated rings. The molecule has 1 aliphatic heterocycles. The fourth-order valence-electron chi connectivity index (χ4n) is 3.38. The van der Waals surface area contributed by atoms with Crippen molar-refractivity contribution in [3.05, 3.63) is 65.2 Å². The number of carbonyl (C=O) groups excluding carboxylic acids is 1. The molecule has 0 spiro atoms. The summed E-state index contributed by atoms with van der Waals surface area (Å²) in [6, 6.07) is 12.5. The van der Waals surface area contributed by atoms with Gasteiger partial charge >= 0.3 is 6.18 Å². The minimum absolute atomic E-state index is 0.0167. The summed E-state index contributed by atoms with van der Waals surface area (Å²) in [6.45, 7) is 3.32. The molecule has 2 aromatic carbocycles. The summed E-state index contributed by atoms with van der Waals surface area (Å²) >= 11 is 0. The molecule has 3 rings (SSSR count). The minimum atomic E-state index is -4.44. The van der Waals surface area contributed by atoms with Crippen molar-refractivity contribution in [1.29, 1.82) is 0 Å². The molecule has 1 amide bonds. The molecule has 28 heavy (non-hydrogen) atoms. The number of hydrogen-bond donors (Lipinski definition) is 2. The smallest absolute Gasteiger partial charge is 0.416 e. The fourth-order valence-corrected chi connectivity index (χ4v) is 3.38. The van der Waals surface area contributed by atoms with Crippen molar-refractivity contribution in [2.24, 2.45) is 0 Å². The fraction of sp³-hybridized carbons (Fsp3) is 0.381. The maximum atomic E-state index is 12.7. The lowest BCUT2D eigenvalue weighted by Crippen LogP contribution is -3.08. The van der Waals surface area contributed by atoms with Crippen LogP contribution >= 0.6 is 0 Å². The van der Waals surface area contributed by atoms with Crippen molar-refractivity contribution in [2.45, 2.75) is 32.1 Å². The van der Waals surface area contributed by atoms with Gasteiger partial charge in [-0.2, -0.15) is 13.2 Å². The van der Waals surface area contributed by atoms with Gasteiger partial charge in [-0.15, -0.1) is 0 Å². The van der Waals surface area contributed by atoms with Crippen LogP contribution in [-0.4, -0.2) is 25.6 Å². The number of alkyl halides is 3. The zero-order chi connectivity index (χ0) is 20.0. The third-order valence-corrected chi connectivity index (χ3v) is 4.88. The van der Waals surface area contributed by atoms with E-state index in [0.29, 0.717) is 6.54 Å². The Labute approximate surface area is 162 Å². The molecule has 1 saturated heterocycles. The second-order valence-electron chi connectivity index (χ2n) is 6.99. The van der Waals surface area contributed by atoms with Gasteiger partial charge in [-0.1, -0.05) is 30.3 Å². The highest BCUT2D eigenvalue weighted by Crippen LogP contribution is 2.31. The summed E-state index contributed by atoms with van der Waals surface area (Å²) in [7, 11) is 0. The van der Waals surface area contributed by atoms with Crippen molar-refractivity contribution in [2.75, 3.05) is 19.7 Å². The summed E-state index contributed by atoms with van der Waals surface area (Å²) in [6.07, 6.45) is -1.94. The Morgan fingerprint density at radius 2 is 1.75 bits per heavy atom. The van der Waals surface area contributed by atoms with Crippen molar-refractivity contribution < 1.29 is 27.6 Å². The second-order valence-corrected chi connectivity index (χ2v) is 6.99. The number of rotatable bonds is 7. The van der Waals surface area contributed by atoms with Gasteiger partial charge in [-0.25, -0.2) is 0 Å². The van der Waals surface area contributed by atoms with Gasteiger partial charge in [0.05, 0.1) is 18.7 Å². The molecule has 0 bridgehead atoms. The van der Waals surface area contributed by atoms with E-state index in [1.54, 1.807) is 4.90 Å². The number of hydrogen-bond acceptors (Lipinski definition) is 2. The highest BCUT2D eigenvalue weighted by molar-refractivity contribution is 5.77. The average Bonchev–Trinajstić information content (AvgIpc) is 3.18. The van der Waals surface area contributed by atoms with E-state index in [0.717, 1.165) is 24.2 Å². The maximum absolute atomic E-state index is 12.7. The molecular weight excluding hydrogens is 369 g/mol. The molecular formula is C21H24F3N2O2+. The lowest BCUT2D eigenvalue weighted by Gasteiger charge is -2.15. The number of ether oxygens (including phenoxy) is 1. The lowest BCUT2D eigenvalue weighted by atomic mass is 10.1. The summed E-state index contributed by atoms with van der Waals surface area (Å²) in [5.41, 5.74) is 1.46. The number of halogens is 3. The summed E-state index contributed by atoms with van der Waals surface area (Å²) in [5, 5.41) is 2.78. The van der Waals surface area contributed by atoms with E-state index in [-0.39, 0.29) is 18.3 Å². The molecule has 2 N–H and O–H groups in total. The summed E-state index contributed by atoms with van der Waals surface area (Å²) in [4.78, 5) is 13.6. The molecule has 2 aromatic rings. The average molecular weight is 393 g/mol. The van der Waals surface area contributed by atoms with E-state index in [1.165, 1.54) is 43.6 Å². The van der Waals surface area contributed by atoms with E-state index in [1.807, 2.05) is 18.2 Å². The van der Waals surface area contributed by atoms with Crippen LogP contribution in [-0.2, 0) is 24.1 Å². The molecule has 1 heterocycles. The predicted molar refractivity (Wildman–Crippen MR) is 98.9 cm³/mol. The molecule has 0 unspecified atom stereocenters. The molecule has 0 atom stereocenters. The number of quaternary nitrogens is 1. The topological polar surface area (TPSA) is 42.8 Å². The first-order chi connectivity index (χ1) is 13.4. The van der Waals surface area contributed by atoms with Crippen molar-refractivity contribution >= 4 is 5.91 Å². The Bertz CT molecular complexity index is 802. The second kappa shape index (κ2) is 9.10. The van der Waals surface area contributed by atoms with E-state index in [2.05, 4.69) is 11.4 Å². The van der Waals surface area contributed by atoms with Crippen LogP contribution in [0.5, 0.6) is 5.75 Å². The number of benzene rings is 2. The van der Waals surface area contributed by atoms with E-state index >= 15 is 0 Å². The molecule has 4 nitrogen and oxygen atoms in total. The van der Waals surface area contributed by atoms with E-state index in [9.17, 15) is 18.0 Å². The Balaban J connectivity index is 1.51. The molecule has 0 saturated carbocycles. The monoisotopic (exact) mass is 393 g/mol. The maximum Gasteiger partial charge on any atom is 0.416 e. The molecule has 150 valence electrons. The van der Waals surface area contributed by atoms with Crippen LogP contribution in [0.2, 0.25) is 0 Å². The van der Waals surface area contributed by atoms with Crippen molar-refractivity contribution in [1.82, 2.24) is 5.32 Å². The first-order valence-corrected chi connectivity index (χ1v) is 9.39. The molecule has 0 aromatic heterocycles. The van der Waals surface area contributed by atoms with Gasteiger partial charge in [0.2, 0.25) is 0 Å². The predicted octanol–water partition coefficient (Wildman–Crippen LogP) is 2.58.